The smallest absolute Gasteiger partial charge is 0.341 e. The average molecular weight is 277 g/mol. The Labute approximate surface area is 117 Å². The highest BCUT2D eigenvalue weighted by atomic mass is 16.5. The van der Waals surface area contributed by atoms with E-state index in [0.29, 0.717) is 5.75 Å². The highest BCUT2D eigenvalue weighted by molar-refractivity contribution is 5.95. The zero-order valence-electron chi connectivity index (χ0n) is 11.9. The topological polar surface area (TPSA) is 75.6 Å². The van der Waals surface area contributed by atoms with Crippen LogP contribution in [0, 0.1) is 18.3 Å². The number of ether oxygens (including phenoxy) is 1. The minimum Gasteiger partial charge on any atom is -0.482 e. The SMILES string of the molecule is Cc1cc(OCC(=O)O)ccc1NC(=O)[C@H]1CC1(C)C. The lowest BCUT2D eigenvalue weighted by atomic mass is 10.1. The molecule has 0 aliphatic heterocycles. The molecule has 0 spiro atoms. The summed E-state index contributed by atoms with van der Waals surface area (Å²) in [5.41, 5.74) is 1.68. The van der Waals surface area contributed by atoms with Crippen LogP contribution in [-0.4, -0.2) is 23.6 Å². The van der Waals surface area contributed by atoms with Crippen molar-refractivity contribution in [3.05, 3.63) is 23.8 Å². The van der Waals surface area contributed by atoms with E-state index in [1.807, 2.05) is 6.92 Å². The van der Waals surface area contributed by atoms with Crippen molar-refractivity contribution in [3.63, 3.8) is 0 Å². The molecule has 1 aromatic carbocycles. The van der Waals surface area contributed by atoms with Gasteiger partial charge in [0.2, 0.25) is 5.91 Å². The van der Waals surface area contributed by atoms with Crippen LogP contribution in [-0.2, 0) is 9.59 Å². The van der Waals surface area contributed by atoms with E-state index in [-0.39, 0.29) is 23.8 Å². The Bertz CT molecular complexity index is 551. The predicted molar refractivity (Wildman–Crippen MR) is 74.8 cm³/mol. The summed E-state index contributed by atoms with van der Waals surface area (Å²) in [5.74, 6) is -0.423. The van der Waals surface area contributed by atoms with Gasteiger partial charge in [0.25, 0.3) is 0 Å². The fourth-order valence-electron chi connectivity index (χ4n) is 2.15. The zero-order valence-corrected chi connectivity index (χ0v) is 11.9. The van der Waals surface area contributed by atoms with Gasteiger partial charge in [-0.05, 0) is 42.5 Å². The van der Waals surface area contributed by atoms with E-state index < -0.39 is 5.97 Å². The number of rotatable bonds is 5. The minimum absolute atomic E-state index is 0.0392. The molecule has 1 aliphatic carbocycles. The van der Waals surface area contributed by atoms with Crippen molar-refractivity contribution in [1.29, 1.82) is 0 Å². The van der Waals surface area contributed by atoms with E-state index in [1.54, 1.807) is 18.2 Å². The summed E-state index contributed by atoms with van der Waals surface area (Å²) in [6.45, 7) is 5.63. The van der Waals surface area contributed by atoms with Gasteiger partial charge in [0.1, 0.15) is 5.75 Å². The van der Waals surface area contributed by atoms with E-state index in [9.17, 15) is 9.59 Å². The molecule has 1 fully saturated rings. The lowest BCUT2D eigenvalue weighted by molar-refractivity contribution is -0.139. The first kappa shape index (κ1) is 14.4. The Hall–Kier alpha value is -2.04. The molecule has 2 rings (SSSR count). The quantitative estimate of drug-likeness (QED) is 0.866. The molecule has 2 N–H and O–H groups in total. The number of benzene rings is 1. The van der Waals surface area contributed by atoms with Crippen LogP contribution in [0.2, 0.25) is 0 Å². The molecule has 1 aliphatic rings. The maximum atomic E-state index is 12.0. The van der Waals surface area contributed by atoms with Gasteiger partial charge in [-0.2, -0.15) is 0 Å². The number of carboxylic acids is 1. The van der Waals surface area contributed by atoms with E-state index >= 15 is 0 Å². The van der Waals surface area contributed by atoms with Crippen molar-refractivity contribution in [2.75, 3.05) is 11.9 Å². The molecular weight excluding hydrogens is 258 g/mol. The third-order valence-electron chi connectivity index (χ3n) is 3.65. The molecule has 5 nitrogen and oxygen atoms in total. The highest BCUT2D eigenvalue weighted by Gasteiger charge is 2.50. The molecule has 0 aromatic heterocycles. The van der Waals surface area contributed by atoms with Crippen LogP contribution >= 0.6 is 0 Å². The molecule has 0 bridgehead atoms. The van der Waals surface area contributed by atoms with Gasteiger partial charge in [0, 0.05) is 11.6 Å². The van der Waals surface area contributed by atoms with Crippen molar-refractivity contribution in [2.45, 2.75) is 27.2 Å². The molecule has 108 valence electrons. The summed E-state index contributed by atoms with van der Waals surface area (Å²) in [6, 6.07) is 5.11. The maximum absolute atomic E-state index is 12.0. The van der Waals surface area contributed by atoms with Crippen LogP contribution in [0.1, 0.15) is 25.8 Å². The monoisotopic (exact) mass is 277 g/mol. The highest BCUT2D eigenvalue weighted by Crippen LogP contribution is 2.52. The largest absolute Gasteiger partial charge is 0.482 e. The standard InChI is InChI=1S/C15H19NO4/c1-9-6-10(20-8-13(17)18)4-5-12(9)16-14(19)11-7-15(11,2)3/h4-6,11H,7-8H2,1-3H3,(H,16,19)(H,17,18)/t11-/m1/s1. The fourth-order valence-corrected chi connectivity index (χ4v) is 2.15. The van der Waals surface area contributed by atoms with Crippen LogP contribution < -0.4 is 10.1 Å². The number of hydrogen-bond donors (Lipinski definition) is 2. The molecule has 20 heavy (non-hydrogen) atoms. The van der Waals surface area contributed by atoms with Crippen LogP contribution in [0.5, 0.6) is 5.75 Å². The summed E-state index contributed by atoms with van der Waals surface area (Å²) in [6.07, 6.45) is 0.914. The van der Waals surface area contributed by atoms with Crippen LogP contribution in [0.3, 0.4) is 0 Å². The summed E-state index contributed by atoms with van der Waals surface area (Å²) in [4.78, 5) is 22.5. The van der Waals surface area contributed by atoms with Crippen LogP contribution in [0.15, 0.2) is 18.2 Å². The number of hydrogen-bond acceptors (Lipinski definition) is 3. The lowest BCUT2D eigenvalue weighted by Gasteiger charge is -2.11. The van der Waals surface area contributed by atoms with Gasteiger partial charge in [-0.1, -0.05) is 13.8 Å². The van der Waals surface area contributed by atoms with Gasteiger partial charge in [0.15, 0.2) is 6.61 Å². The summed E-state index contributed by atoms with van der Waals surface area (Å²) < 4.78 is 5.09. The Morgan fingerprint density at radius 3 is 2.60 bits per heavy atom. The summed E-state index contributed by atoms with van der Waals surface area (Å²) >= 11 is 0. The number of carbonyl (C=O) groups excluding carboxylic acids is 1. The fraction of sp³-hybridized carbons (Fsp3) is 0.467. The average Bonchev–Trinajstić information content (AvgIpc) is 2.99. The van der Waals surface area contributed by atoms with Crippen molar-refractivity contribution < 1.29 is 19.4 Å². The van der Waals surface area contributed by atoms with Gasteiger partial charge in [-0.25, -0.2) is 4.79 Å². The Kier molecular flexibility index (Phi) is 3.70. The second-order valence-corrected chi connectivity index (χ2v) is 5.89. The third-order valence-corrected chi connectivity index (χ3v) is 3.65. The Morgan fingerprint density at radius 2 is 2.10 bits per heavy atom. The van der Waals surface area contributed by atoms with Gasteiger partial charge in [-0.15, -0.1) is 0 Å². The van der Waals surface area contributed by atoms with E-state index in [1.165, 1.54) is 0 Å². The molecule has 0 unspecified atom stereocenters. The van der Waals surface area contributed by atoms with Gasteiger partial charge >= 0.3 is 5.97 Å². The number of aryl methyl sites for hydroxylation is 1. The Balaban J connectivity index is 1.99. The van der Waals surface area contributed by atoms with Crippen LogP contribution in [0.25, 0.3) is 0 Å². The van der Waals surface area contributed by atoms with E-state index in [0.717, 1.165) is 17.7 Å². The number of anilines is 1. The van der Waals surface area contributed by atoms with Gasteiger partial charge < -0.3 is 15.2 Å². The van der Waals surface area contributed by atoms with E-state index in [2.05, 4.69) is 19.2 Å². The summed E-state index contributed by atoms with van der Waals surface area (Å²) in [5, 5.41) is 11.5. The maximum Gasteiger partial charge on any atom is 0.341 e. The number of nitrogens with one attached hydrogen (secondary N) is 1. The first-order chi connectivity index (χ1) is 9.29. The molecule has 1 amide bonds. The second-order valence-electron chi connectivity index (χ2n) is 5.89. The zero-order chi connectivity index (χ0) is 14.9. The molecule has 0 saturated heterocycles. The first-order valence-electron chi connectivity index (χ1n) is 6.56. The molecule has 1 atom stereocenters. The van der Waals surface area contributed by atoms with Crippen molar-refractivity contribution in [2.24, 2.45) is 11.3 Å². The van der Waals surface area contributed by atoms with Crippen LogP contribution in [0.4, 0.5) is 5.69 Å². The molecule has 1 aromatic rings. The number of carbonyl (C=O) groups is 2. The lowest BCUT2D eigenvalue weighted by Crippen LogP contribution is -2.17. The van der Waals surface area contributed by atoms with Gasteiger partial charge in [0.05, 0.1) is 0 Å². The van der Waals surface area contributed by atoms with Crippen molar-refractivity contribution in [1.82, 2.24) is 0 Å². The second kappa shape index (κ2) is 5.15. The van der Waals surface area contributed by atoms with Gasteiger partial charge in [-0.3, -0.25) is 4.79 Å². The van der Waals surface area contributed by atoms with E-state index in [4.69, 9.17) is 9.84 Å². The third kappa shape index (κ3) is 3.29. The summed E-state index contributed by atoms with van der Waals surface area (Å²) in [7, 11) is 0. The Morgan fingerprint density at radius 1 is 1.45 bits per heavy atom. The minimum atomic E-state index is -1.02. The number of carboxylic acid groups (broad SMARTS) is 1. The number of aliphatic carboxylic acids is 1. The molecular formula is C15H19NO4. The normalized spacial score (nSPS) is 19.2. The van der Waals surface area contributed by atoms with Crippen molar-refractivity contribution >= 4 is 17.6 Å². The van der Waals surface area contributed by atoms with Crippen molar-refractivity contribution in [3.8, 4) is 5.75 Å². The predicted octanol–water partition coefficient (Wildman–Crippen LogP) is 2.44. The first-order valence-corrected chi connectivity index (χ1v) is 6.56. The molecule has 1 saturated carbocycles. The number of amides is 1. The molecule has 0 heterocycles. The molecule has 5 heteroatoms. The molecule has 0 radical (unpaired) electrons.